The monoisotopic (exact) mass is 304 g/mol. The van der Waals surface area contributed by atoms with Crippen LogP contribution in [-0.4, -0.2) is 63.4 Å². The Bertz CT molecular complexity index is 520. The number of carbonyl (C=O) groups is 1. The summed E-state index contributed by atoms with van der Waals surface area (Å²) in [5, 5.41) is 0. The van der Waals surface area contributed by atoms with Crippen molar-refractivity contribution in [1.29, 1.82) is 0 Å². The fourth-order valence-corrected chi connectivity index (χ4v) is 3.29. The summed E-state index contributed by atoms with van der Waals surface area (Å²) in [6, 6.07) is 8.67. The number of ether oxygens (including phenoxy) is 2. The third-order valence-corrected chi connectivity index (χ3v) is 4.51. The van der Waals surface area contributed by atoms with Gasteiger partial charge in [0.05, 0.1) is 13.7 Å². The number of methoxy groups -OCH3 is 1. The molecule has 2 aliphatic rings. The number of anilines is 1. The number of para-hydroxylation sites is 1. The third-order valence-electron chi connectivity index (χ3n) is 4.51. The van der Waals surface area contributed by atoms with E-state index in [1.54, 1.807) is 0 Å². The van der Waals surface area contributed by atoms with Crippen LogP contribution in [0.2, 0.25) is 0 Å². The summed E-state index contributed by atoms with van der Waals surface area (Å²) in [5.41, 5.74) is 2.81. The number of fused-ring (bicyclic) bond motifs is 1. The topological polar surface area (TPSA) is 42.0 Å². The summed E-state index contributed by atoms with van der Waals surface area (Å²) in [4.78, 5) is 16.4. The van der Waals surface area contributed by atoms with Crippen LogP contribution < -0.4 is 4.90 Å². The molecule has 1 fully saturated rings. The molecule has 2 heterocycles. The highest BCUT2D eigenvalue weighted by Gasteiger charge is 2.27. The van der Waals surface area contributed by atoms with E-state index in [2.05, 4.69) is 34.1 Å². The van der Waals surface area contributed by atoms with Crippen molar-refractivity contribution >= 4 is 11.7 Å². The van der Waals surface area contributed by atoms with E-state index in [1.165, 1.54) is 31.2 Å². The molecule has 1 saturated heterocycles. The predicted octanol–water partition coefficient (Wildman–Crippen LogP) is 1.31. The van der Waals surface area contributed by atoms with E-state index in [0.717, 1.165) is 26.2 Å². The molecule has 0 amide bonds. The maximum absolute atomic E-state index is 11.6. The van der Waals surface area contributed by atoms with E-state index < -0.39 is 6.10 Å². The van der Waals surface area contributed by atoms with Crippen molar-refractivity contribution in [2.45, 2.75) is 18.9 Å². The molecule has 3 rings (SSSR count). The summed E-state index contributed by atoms with van der Waals surface area (Å²) >= 11 is 0. The highest BCUT2D eigenvalue weighted by Crippen LogP contribution is 2.26. The Morgan fingerprint density at radius 1 is 1.32 bits per heavy atom. The SMILES string of the molecule is COC(=O)[C@@H]1CN(CCN2CCCc3ccccc32)CCO1. The van der Waals surface area contributed by atoms with E-state index in [0.29, 0.717) is 13.2 Å². The molecule has 0 radical (unpaired) electrons. The molecule has 0 N–H and O–H groups in total. The van der Waals surface area contributed by atoms with Gasteiger partial charge >= 0.3 is 5.97 Å². The van der Waals surface area contributed by atoms with Crippen molar-refractivity contribution in [1.82, 2.24) is 4.90 Å². The van der Waals surface area contributed by atoms with Crippen LogP contribution in [0.1, 0.15) is 12.0 Å². The van der Waals surface area contributed by atoms with E-state index >= 15 is 0 Å². The number of benzene rings is 1. The molecule has 5 heteroatoms. The summed E-state index contributed by atoms with van der Waals surface area (Å²) in [6.07, 6.45) is 1.95. The van der Waals surface area contributed by atoms with Gasteiger partial charge in [-0.15, -0.1) is 0 Å². The lowest BCUT2D eigenvalue weighted by molar-refractivity contribution is -0.159. The molecule has 22 heavy (non-hydrogen) atoms. The van der Waals surface area contributed by atoms with Crippen molar-refractivity contribution in [3.05, 3.63) is 29.8 Å². The van der Waals surface area contributed by atoms with Gasteiger partial charge < -0.3 is 14.4 Å². The zero-order valence-corrected chi connectivity index (χ0v) is 13.2. The molecule has 0 aromatic heterocycles. The number of hydrogen-bond acceptors (Lipinski definition) is 5. The summed E-state index contributed by atoms with van der Waals surface area (Å²) < 4.78 is 10.3. The van der Waals surface area contributed by atoms with Crippen molar-refractivity contribution in [3.8, 4) is 0 Å². The van der Waals surface area contributed by atoms with Crippen molar-refractivity contribution in [2.75, 3.05) is 51.3 Å². The number of hydrogen-bond donors (Lipinski definition) is 0. The first-order valence-electron chi connectivity index (χ1n) is 8.02. The lowest BCUT2D eigenvalue weighted by atomic mass is 10.0. The minimum atomic E-state index is -0.438. The van der Waals surface area contributed by atoms with Crippen LogP contribution in [0.5, 0.6) is 0 Å². The average Bonchev–Trinajstić information content (AvgIpc) is 2.59. The minimum Gasteiger partial charge on any atom is -0.467 e. The molecular formula is C17H24N2O3. The first kappa shape index (κ1) is 15.3. The Morgan fingerprint density at radius 2 is 2.18 bits per heavy atom. The number of rotatable bonds is 4. The van der Waals surface area contributed by atoms with Crippen LogP contribution in [0.4, 0.5) is 5.69 Å². The Kier molecular flexibility index (Phi) is 4.95. The second-order valence-electron chi connectivity index (χ2n) is 5.90. The molecule has 1 aromatic rings. The summed E-state index contributed by atoms with van der Waals surface area (Å²) in [5.74, 6) is -0.270. The Labute approximate surface area is 131 Å². The zero-order valence-electron chi connectivity index (χ0n) is 13.2. The molecule has 1 atom stereocenters. The number of morpholine rings is 1. The fraction of sp³-hybridized carbons (Fsp3) is 0.588. The van der Waals surface area contributed by atoms with Gasteiger partial charge in [0.2, 0.25) is 0 Å². The Balaban J connectivity index is 1.56. The van der Waals surface area contributed by atoms with Gasteiger partial charge in [-0.3, -0.25) is 4.90 Å². The van der Waals surface area contributed by atoms with E-state index in [9.17, 15) is 4.79 Å². The number of esters is 1. The van der Waals surface area contributed by atoms with Gasteiger partial charge in [-0.05, 0) is 24.5 Å². The van der Waals surface area contributed by atoms with E-state index in [1.807, 2.05) is 0 Å². The standard InChI is InChI=1S/C17H24N2O3/c1-21-17(20)16-13-18(11-12-22-16)9-10-19-8-4-6-14-5-2-3-7-15(14)19/h2-3,5,7,16H,4,6,8-13H2,1H3/t16-/m0/s1. The maximum Gasteiger partial charge on any atom is 0.336 e. The van der Waals surface area contributed by atoms with Crippen LogP contribution in [0.25, 0.3) is 0 Å². The number of nitrogens with zero attached hydrogens (tertiary/aromatic N) is 2. The summed E-state index contributed by atoms with van der Waals surface area (Å²) in [6.45, 7) is 5.15. The van der Waals surface area contributed by atoms with Gasteiger partial charge in [-0.2, -0.15) is 0 Å². The van der Waals surface area contributed by atoms with Crippen molar-refractivity contribution < 1.29 is 14.3 Å². The predicted molar refractivity (Wildman–Crippen MR) is 85.2 cm³/mol. The second-order valence-corrected chi connectivity index (χ2v) is 5.90. The van der Waals surface area contributed by atoms with Crippen LogP contribution in [0, 0.1) is 0 Å². The highest BCUT2D eigenvalue weighted by molar-refractivity contribution is 5.74. The van der Waals surface area contributed by atoms with Gasteiger partial charge in [0.15, 0.2) is 6.10 Å². The lowest BCUT2D eigenvalue weighted by Gasteiger charge is -2.36. The number of aryl methyl sites for hydroxylation is 1. The first-order valence-corrected chi connectivity index (χ1v) is 8.02. The fourth-order valence-electron chi connectivity index (χ4n) is 3.29. The van der Waals surface area contributed by atoms with Crippen LogP contribution in [-0.2, 0) is 20.7 Å². The van der Waals surface area contributed by atoms with Gasteiger partial charge in [-0.25, -0.2) is 4.79 Å². The van der Waals surface area contributed by atoms with E-state index in [4.69, 9.17) is 9.47 Å². The van der Waals surface area contributed by atoms with Crippen LogP contribution in [0.3, 0.4) is 0 Å². The zero-order chi connectivity index (χ0) is 15.4. The van der Waals surface area contributed by atoms with Crippen LogP contribution in [0.15, 0.2) is 24.3 Å². The van der Waals surface area contributed by atoms with Crippen molar-refractivity contribution in [2.24, 2.45) is 0 Å². The Hall–Kier alpha value is -1.59. The molecular weight excluding hydrogens is 280 g/mol. The smallest absolute Gasteiger partial charge is 0.336 e. The summed E-state index contributed by atoms with van der Waals surface area (Å²) in [7, 11) is 1.41. The van der Waals surface area contributed by atoms with Gasteiger partial charge in [0, 0.05) is 38.4 Å². The highest BCUT2D eigenvalue weighted by atomic mass is 16.6. The molecule has 1 aromatic carbocycles. The Morgan fingerprint density at radius 3 is 3.05 bits per heavy atom. The third kappa shape index (κ3) is 3.42. The van der Waals surface area contributed by atoms with Crippen LogP contribution >= 0.6 is 0 Å². The molecule has 0 spiro atoms. The average molecular weight is 304 g/mol. The van der Waals surface area contributed by atoms with Gasteiger partial charge in [0.1, 0.15) is 0 Å². The molecule has 0 saturated carbocycles. The maximum atomic E-state index is 11.6. The quantitative estimate of drug-likeness (QED) is 0.785. The first-order chi connectivity index (χ1) is 10.8. The molecule has 0 aliphatic carbocycles. The lowest BCUT2D eigenvalue weighted by Crippen LogP contribution is -2.49. The molecule has 2 aliphatic heterocycles. The second kappa shape index (κ2) is 7.11. The largest absolute Gasteiger partial charge is 0.467 e. The molecule has 0 bridgehead atoms. The molecule has 120 valence electrons. The van der Waals surface area contributed by atoms with Gasteiger partial charge in [-0.1, -0.05) is 18.2 Å². The molecule has 5 nitrogen and oxygen atoms in total. The number of carbonyl (C=O) groups excluding carboxylic acids is 1. The van der Waals surface area contributed by atoms with E-state index in [-0.39, 0.29) is 5.97 Å². The van der Waals surface area contributed by atoms with Crippen molar-refractivity contribution in [3.63, 3.8) is 0 Å². The molecule has 0 unspecified atom stereocenters. The van der Waals surface area contributed by atoms with Gasteiger partial charge in [0.25, 0.3) is 0 Å². The normalized spacial score (nSPS) is 22.2. The minimum absolute atomic E-state index is 0.270.